The van der Waals surface area contributed by atoms with Gasteiger partial charge in [0, 0.05) is 24.3 Å². The second-order valence-corrected chi connectivity index (χ2v) is 6.93. The average Bonchev–Trinajstić information content (AvgIpc) is 2.77. The summed E-state index contributed by atoms with van der Waals surface area (Å²) in [6.07, 6.45) is 4.94. The van der Waals surface area contributed by atoms with Gasteiger partial charge in [-0.15, -0.1) is 0 Å². The minimum atomic E-state index is -0.203. The molecule has 29 heavy (non-hydrogen) atoms. The second kappa shape index (κ2) is 10.3. The van der Waals surface area contributed by atoms with Crippen LogP contribution < -0.4 is 15.4 Å². The molecule has 6 nitrogen and oxygen atoms in total. The van der Waals surface area contributed by atoms with Crippen LogP contribution in [-0.2, 0) is 4.79 Å². The first-order valence-corrected chi connectivity index (χ1v) is 9.93. The molecule has 6 heteroatoms. The highest BCUT2D eigenvalue weighted by atomic mass is 16.5. The zero-order valence-electron chi connectivity index (χ0n) is 16.5. The number of rotatable bonds is 8. The Kier molecular flexibility index (Phi) is 7.28. The van der Waals surface area contributed by atoms with Crippen molar-refractivity contribution in [2.45, 2.75) is 19.3 Å². The summed E-state index contributed by atoms with van der Waals surface area (Å²) in [4.78, 5) is 26.9. The number of carbonyl (C=O) groups excluding carboxylic acids is 2. The number of hydrogen-bond donors (Lipinski definition) is 2. The molecule has 3 rings (SSSR count). The summed E-state index contributed by atoms with van der Waals surface area (Å²) in [7, 11) is 0. The van der Waals surface area contributed by atoms with Crippen LogP contribution in [0.4, 0.5) is 11.4 Å². The van der Waals surface area contributed by atoms with Gasteiger partial charge in [0.1, 0.15) is 12.4 Å². The number of likely N-dealkylation sites (tertiary alicyclic amines) is 1. The van der Waals surface area contributed by atoms with Gasteiger partial charge < -0.3 is 20.3 Å². The number of amides is 2. The van der Waals surface area contributed by atoms with Gasteiger partial charge in [-0.2, -0.15) is 0 Å². The zero-order valence-corrected chi connectivity index (χ0v) is 16.5. The molecule has 0 aromatic heterocycles. The highest BCUT2D eigenvalue weighted by Crippen LogP contribution is 2.23. The Morgan fingerprint density at radius 2 is 1.86 bits per heavy atom. The Morgan fingerprint density at radius 3 is 2.66 bits per heavy atom. The van der Waals surface area contributed by atoms with E-state index in [1.54, 1.807) is 30.3 Å². The van der Waals surface area contributed by atoms with Gasteiger partial charge in [-0.1, -0.05) is 30.9 Å². The molecule has 1 heterocycles. The molecule has 1 saturated heterocycles. The van der Waals surface area contributed by atoms with Crippen LogP contribution in [0.3, 0.4) is 0 Å². The number of nitrogens with one attached hydrogen (secondary N) is 2. The van der Waals surface area contributed by atoms with Crippen molar-refractivity contribution in [3.8, 4) is 5.75 Å². The van der Waals surface area contributed by atoms with E-state index in [-0.39, 0.29) is 18.4 Å². The minimum Gasteiger partial charge on any atom is -0.487 e. The summed E-state index contributed by atoms with van der Waals surface area (Å²) >= 11 is 0. The Labute approximate surface area is 171 Å². The molecule has 1 aliphatic heterocycles. The number of ether oxygens (including phenoxy) is 1. The maximum Gasteiger partial charge on any atom is 0.253 e. The van der Waals surface area contributed by atoms with E-state index in [0.717, 1.165) is 31.6 Å². The summed E-state index contributed by atoms with van der Waals surface area (Å²) in [5, 5.41) is 5.93. The molecule has 2 aromatic carbocycles. The number of benzene rings is 2. The van der Waals surface area contributed by atoms with Crippen molar-refractivity contribution < 1.29 is 14.3 Å². The van der Waals surface area contributed by atoms with Crippen molar-refractivity contribution in [3.63, 3.8) is 0 Å². The Bertz CT molecular complexity index is 860. The number of para-hydroxylation sites is 2. The van der Waals surface area contributed by atoms with Crippen molar-refractivity contribution in [1.82, 2.24) is 4.90 Å². The van der Waals surface area contributed by atoms with Crippen molar-refractivity contribution in [1.29, 1.82) is 0 Å². The van der Waals surface area contributed by atoms with Crippen LogP contribution in [0.2, 0.25) is 0 Å². The summed E-state index contributed by atoms with van der Waals surface area (Å²) in [5.41, 5.74) is 1.94. The monoisotopic (exact) mass is 393 g/mol. The molecule has 0 spiro atoms. The van der Waals surface area contributed by atoms with Gasteiger partial charge in [-0.05, 0) is 49.6 Å². The highest BCUT2D eigenvalue weighted by Gasteiger charge is 2.18. The summed E-state index contributed by atoms with van der Waals surface area (Å²) in [6, 6.07) is 14.5. The molecular formula is C23H27N3O3. The van der Waals surface area contributed by atoms with Crippen LogP contribution >= 0.6 is 0 Å². The lowest BCUT2D eigenvalue weighted by Gasteiger charge is -2.26. The van der Waals surface area contributed by atoms with Crippen LogP contribution in [0, 0.1) is 0 Å². The van der Waals surface area contributed by atoms with Crippen LogP contribution in [0.25, 0.3) is 0 Å². The van der Waals surface area contributed by atoms with Gasteiger partial charge in [0.25, 0.3) is 5.91 Å². The van der Waals surface area contributed by atoms with Crippen LogP contribution in [-0.4, -0.2) is 43.0 Å². The van der Waals surface area contributed by atoms with E-state index in [2.05, 4.69) is 17.2 Å². The number of hydrogen-bond acceptors (Lipinski definition) is 4. The van der Waals surface area contributed by atoms with Crippen molar-refractivity contribution in [2.75, 3.05) is 36.9 Å². The maximum atomic E-state index is 12.7. The van der Waals surface area contributed by atoms with Gasteiger partial charge in [0.05, 0.1) is 12.2 Å². The molecule has 2 N–H and O–H groups in total. The fourth-order valence-corrected chi connectivity index (χ4v) is 3.28. The van der Waals surface area contributed by atoms with Gasteiger partial charge in [0.15, 0.2) is 0 Å². The van der Waals surface area contributed by atoms with Crippen LogP contribution in [0.5, 0.6) is 5.75 Å². The van der Waals surface area contributed by atoms with Gasteiger partial charge in [-0.3, -0.25) is 9.59 Å². The van der Waals surface area contributed by atoms with Gasteiger partial charge >= 0.3 is 0 Å². The summed E-state index contributed by atoms with van der Waals surface area (Å²) in [5.74, 6) is 0.479. The molecule has 1 fully saturated rings. The first kappa shape index (κ1) is 20.5. The van der Waals surface area contributed by atoms with Crippen LogP contribution in [0.1, 0.15) is 29.6 Å². The van der Waals surface area contributed by atoms with E-state index >= 15 is 0 Å². The molecule has 0 radical (unpaired) electrons. The molecule has 2 aromatic rings. The van der Waals surface area contributed by atoms with Crippen LogP contribution in [0.15, 0.2) is 61.2 Å². The summed E-state index contributed by atoms with van der Waals surface area (Å²) < 4.78 is 5.58. The lowest BCUT2D eigenvalue weighted by Crippen LogP contribution is -2.35. The molecular weight excluding hydrogens is 366 g/mol. The lowest BCUT2D eigenvalue weighted by atomic mass is 10.1. The fourth-order valence-electron chi connectivity index (χ4n) is 3.28. The van der Waals surface area contributed by atoms with Crippen molar-refractivity contribution >= 4 is 23.2 Å². The van der Waals surface area contributed by atoms with E-state index in [1.165, 1.54) is 6.42 Å². The first-order chi connectivity index (χ1) is 14.2. The third-order valence-electron chi connectivity index (χ3n) is 4.72. The standard InChI is InChI=1S/C23H27N3O3/c1-2-15-29-21-12-5-4-11-20(21)24-17-22(27)25-19-10-8-9-18(16-19)23(28)26-13-6-3-7-14-26/h2,4-5,8-12,16,24H,1,3,6-7,13-15,17H2,(H,25,27). The quantitative estimate of drug-likeness (QED) is 0.667. The van der Waals surface area contributed by atoms with Crippen molar-refractivity contribution in [3.05, 3.63) is 66.7 Å². The SMILES string of the molecule is C=CCOc1ccccc1NCC(=O)Nc1cccc(C(=O)N2CCCCC2)c1. The number of nitrogens with zero attached hydrogens (tertiary/aromatic N) is 1. The predicted octanol–water partition coefficient (Wildman–Crippen LogP) is 3.93. The van der Waals surface area contributed by atoms with E-state index in [0.29, 0.717) is 23.6 Å². The second-order valence-electron chi connectivity index (χ2n) is 6.93. The molecule has 2 amide bonds. The van der Waals surface area contributed by atoms with E-state index in [9.17, 15) is 9.59 Å². The summed E-state index contributed by atoms with van der Waals surface area (Å²) in [6.45, 7) is 5.71. The molecule has 0 atom stereocenters. The lowest BCUT2D eigenvalue weighted by molar-refractivity contribution is -0.114. The number of carbonyl (C=O) groups is 2. The molecule has 0 saturated carbocycles. The third-order valence-corrected chi connectivity index (χ3v) is 4.72. The van der Waals surface area contributed by atoms with Gasteiger partial charge in [-0.25, -0.2) is 0 Å². The smallest absolute Gasteiger partial charge is 0.253 e. The predicted molar refractivity (Wildman–Crippen MR) is 115 cm³/mol. The molecule has 0 bridgehead atoms. The van der Waals surface area contributed by atoms with Gasteiger partial charge in [0.2, 0.25) is 5.91 Å². The topological polar surface area (TPSA) is 70.7 Å². The van der Waals surface area contributed by atoms with Crippen molar-refractivity contribution in [2.24, 2.45) is 0 Å². The molecule has 0 unspecified atom stereocenters. The fraction of sp³-hybridized carbons (Fsp3) is 0.304. The Morgan fingerprint density at radius 1 is 1.07 bits per heavy atom. The number of anilines is 2. The first-order valence-electron chi connectivity index (χ1n) is 9.93. The van der Waals surface area contributed by atoms with E-state index < -0.39 is 0 Å². The molecule has 152 valence electrons. The average molecular weight is 393 g/mol. The third kappa shape index (κ3) is 5.85. The van der Waals surface area contributed by atoms with E-state index in [1.807, 2.05) is 29.2 Å². The molecule has 0 aliphatic carbocycles. The zero-order chi connectivity index (χ0) is 20.5. The Balaban J connectivity index is 1.57. The minimum absolute atomic E-state index is 0.0206. The van der Waals surface area contributed by atoms with E-state index in [4.69, 9.17) is 4.74 Å². The maximum absolute atomic E-state index is 12.7. The normalized spacial score (nSPS) is 13.4. The Hall–Kier alpha value is -3.28. The highest BCUT2D eigenvalue weighted by molar-refractivity contribution is 5.98. The largest absolute Gasteiger partial charge is 0.487 e. The molecule has 1 aliphatic rings. The number of piperidine rings is 1.